The van der Waals surface area contributed by atoms with Gasteiger partial charge in [-0.3, -0.25) is 9.69 Å². The lowest BCUT2D eigenvalue weighted by molar-refractivity contribution is 0.0986. The van der Waals surface area contributed by atoms with Gasteiger partial charge < -0.3 is 14.4 Å². The van der Waals surface area contributed by atoms with E-state index in [2.05, 4.69) is 9.88 Å². The molecule has 2 aromatic carbocycles. The number of nitrogens with zero attached hydrogens (tertiary/aromatic N) is 4. The fourth-order valence-electron chi connectivity index (χ4n) is 3.36. The van der Waals surface area contributed by atoms with Gasteiger partial charge in [-0.1, -0.05) is 11.3 Å². The first kappa shape index (κ1) is 24.2. The number of thiazole rings is 2. The molecule has 0 atom stereocenters. The maximum Gasteiger partial charge on any atom is 0.260 e. The van der Waals surface area contributed by atoms with E-state index in [1.165, 1.54) is 22.7 Å². The third-order valence-corrected chi connectivity index (χ3v) is 6.82. The van der Waals surface area contributed by atoms with E-state index in [0.717, 1.165) is 27.9 Å². The van der Waals surface area contributed by atoms with Gasteiger partial charge in [0.05, 0.1) is 29.9 Å². The van der Waals surface area contributed by atoms with E-state index in [1.807, 2.05) is 44.4 Å². The van der Waals surface area contributed by atoms with E-state index >= 15 is 0 Å². The maximum absolute atomic E-state index is 13.6. The van der Waals surface area contributed by atoms with Gasteiger partial charge in [-0.2, -0.15) is 0 Å². The smallest absolute Gasteiger partial charge is 0.260 e. The second-order valence-corrected chi connectivity index (χ2v) is 9.16. The van der Waals surface area contributed by atoms with E-state index in [4.69, 9.17) is 14.5 Å². The summed E-state index contributed by atoms with van der Waals surface area (Å²) in [7, 11) is 7.30. The maximum atomic E-state index is 13.6. The van der Waals surface area contributed by atoms with Crippen LogP contribution in [0.2, 0.25) is 0 Å². The monoisotopic (exact) mass is 492 g/mol. The van der Waals surface area contributed by atoms with Crippen molar-refractivity contribution in [2.24, 2.45) is 0 Å². The fraction of sp³-hybridized carbons (Fsp3) is 0.318. The first-order chi connectivity index (χ1) is 15.0. The van der Waals surface area contributed by atoms with Crippen molar-refractivity contribution in [1.29, 1.82) is 0 Å². The molecule has 2 aromatic heterocycles. The number of amides is 1. The summed E-state index contributed by atoms with van der Waals surface area (Å²) in [5, 5.41) is 0.631. The normalized spacial score (nSPS) is 11.0. The molecule has 4 aromatic rings. The molecule has 0 saturated carbocycles. The highest BCUT2D eigenvalue weighted by Crippen LogP contribution is 2.40. The first-order valence-corrected chi connectivity index (χ1v) is 11.5. The van der Waals surface area contributed by atoms with Gasteiger partial charge in [0.1, 0.15) is 21.7 Å². The van der Waals surface area contributed by atoms with E-state index < -0.39 is 0 Å². The number of hydrogen-bond acceptors (Lipinski definition) is 8. The van der Waals surface area contributed by atoms with Crippen LogP contribution in [0.15, 0.2) is 35.8 Å². The predicted molar refractivity (Wildman–Crippen MR) is 134 cm³/mol. The molecule has 0 spiro atoms. The molecule has 7 nitrogen and oxygen atoms in total. The van der Waals surface area contributed by atoms with Crippen LogP contribution in [0.4, 0.5) is 5.13 Å². The number of hydrogen-bond donors (Lipinski definition) is 0. The second-order valence-electron chi connectivity index (χ2n) is 7.29. The lowest BCUT2D eigenvalue weighted by Gasteiger charge is -2.21. The summed E-state index contributed by atoms with van der Waals surface area (Å²) >= 11 is 2.97. The van der Waals surface area contributed by atoms with Gasteiger partial charge in [0, 0.05) is 12.1 Å². The van der Waals surface area contributed by atoms with E-state index in [1.54, 1.807) is 24.6 Å². The summed E-state index contributed by atoms with van der Waals surface area (Å²) in [6.07, 6.45) is 0.825. The molecule has 0 bridgehead atoms. The molecule has 10 heteroatoms. The van der Waals surface area contributed by atoms with Crippen molar-refractivity contribution >= 4 is 66.6 Å². The fourth-order valence-corrected chi connectivity index (χ4v) is 5.18. The van der Waals surface area contributed by atoms with Crippen LogP contribution >= 0.6 is 35.1 Å². The Hall–Kier alpha value is -2.46. The number of benzene rings is 2. The van der Waals surface area contributed by atoms with Crippen molar-refractivity contribution < 1.29 is 14.3 Å². The average molecular weight is 493 g/mol. The van der Waals surface area contributed by atoms with Crippen LogP contribution in [0.5, 0.6) is 11.5 Å². The molecule has 1 amide bonds. The third-order valence-electron chi connectivity index (χ3n) is 4.94. The quantitative estimate of drug-likeness (QED) is 0.347. The summed E-state index contributed by atoms with van der Waals surface area (Å²) in [6, 6.07) is 9.32. The van der Waals surface area contributed by atoms with Crippen molar-refractivity contribution in [2.75, 3.05) is 46.3 Å². The lowest BCUT2D eigenvalue weighted by Crippen LogP contribution is -2.33. The Morgan fingerprint density at radius 3 is 2.53 bits per heavy atom. The summed E-state index contributed by atoms with van der Waals surface area (Å²) < 4.78 is 12.9. The molecule has 0 N–H and O–H groups in total. The van der Waals surface area contributed by atoms with E-state index in [9.17, 15) is 4.79 Å². The highest BCUT2D eigenvalue weighted by Gasteiger charge is 2.24. The molecule has 0 aliphatic rings. The molecule has 0 fully saturated rings. The molecule has 0 unspecified atom stereocenters. The van der Waals surface area contributed by atoms with Gasteiger partial charge in [-0.05, 0) is 57.4 Å². The Morgan fingerprint density at radius 1 is 1.06 bits per heavy atom. The van der Waals surface area contributed by atoms with Crippen molar-refractivity contribution in [2.45, 2.75) is 6.42 Å². The summed E-state index contributed by atoms with van der Waals surface area (Å²) in [6.45, 7) is 1.43. The molecule has 4 rings (SSSR count). The number of aromatic nitrogens is 2. The molecule has 170 valence electrons. The Morgan fingerprint density at radius 2 is 1.81 bits per heavy atom. The Kier molecular flexibility index (Phi) is 7.89. The van der Waals surface area contributed by atoms with Crippen molar-refractivity contribution in [3.63, 3.8) is 0 Å². The van der Waals surface area contributed by atoms with Gasteiger partial charge in [-0.15, -0.1) is 23.7 Å². The number of fused-ring (bicyclic) bond motifs is 2. The number of carbonyl (C=O) groups excluding carboxylic acids is 1. The Bertz CT molecular complexity index is 1180. The third kappa shape index (κ3) is 4.80. The second kappa shape index (κ2) is 10.4. The summed E-state index contributed by atoms with van der Waals surface area (Å²) in [5.74, 6) is 1.29. The number of methoxy groups -OCH3 is 2. The first-order valence-electron chi connectivity index (χ1n) is 9.83. The van der Waals surface area contributed by atoms with Gasteiger partial charge in [0.15, 0.2) is 5.13 Å². The molecule has 0 saturated heterocycles. The van der Waals surface area contributed by atoms with E-state index in [0.29, 0.717) is 34.3 Å². The van der Waals surface area contributed by atoms with Crippen LogP contribution in [-0.2, 0) is 0 Å². The van der Waals surface area contributed by atoms with Gasteiger partial charge in [-0.25, -0.2) is 9.97 Å². The SMILES string of the molecule is COc1ccc(OC)c2sc(N(CCCN(C)C)C(=O)c3ccc4ncsc4c3)nc12.Cl. The molecule has 0 aliphatic carbocycles. The molecular weight excluding hydrogens is 468 g/mol. The van der Waals surface area contributed by atoms with E-state index in [-0.39, 0.29) is 18.3 Å². The topological polar surface area (TPSA) is 67.8 Å². The van der Waals surface area contributed by atoms with Crippen LogP contribution < -0.4 is 14.4 Å². The van der Waals surface area contributed by atoms with Gasteiger partial charge >= 0.3 is 0 Å². The predicted octanol–water partition coefficient (Wildman–Crippen LogP) is 4.94. The zero-order valence-electron chi connectivity index (χ0n) is 18.3. The zero-order valence-corrected chi connectivity index (χ0v) is 20.8. The highest BCUT2D eigenvalue weighted by molar-refractivity contribution is 7.22. The standard InChI is InChI=1S/C22H24N4O3S2.ClH/c1-25(2)10-5-11-26(21(27)14-6-7-15-18(12-14)30-13-23-15)22-24-19-16(28-3)8-9-17(29-4)20(19)31-22;/h6-9,12-13H,5,10-11H2,1-4H3;1H. The molecule has 32 heavy (non-hydrogen) atoms. The van der Waals surface area contributed by atoms with Crippen LogP contribution in [0.1, 0.15) is 16.8 Å². The van der Waals surface area contributed by atoms with Crippen molar-refractivity contribution in [1.82, 2.24) is 14.9 Å². The Balaban J connectivity index is 0.00000289. The van der Waals surface area contributed by atoms with Gasteiger partial charge in [0.2, 0.25) is 0 Å². The van der Waals surface area contributed by atoms with Crippen LogP contribution in [-0.4, -0.2) is 62.2 Å². The number of halogens is 1. The van der Waals surface area contributed by atoms with Crippen molar-refractivity contribution in [3.05, 3.63) is 41.4 Å². The highest BCUT2D eigenvalue weighted by atomic mass is 35.5. The van der Waals surface area contributed by atoms with Crippen LogP contribution in [0, 0.1) is 0 Å². The van der Waals surface area contributed by atoms with Crippen LogP contribution in [0.3, 0.4) is 0 Å². The number of carbonyl (C=O) groups is 1. The minimum atomic E-state index is -0.0777. The molecule has 0 aliphatic heterocycles. The minimum absolute atomic E-state index is 0. The minimum Gasteiger partial charge on any atom is -0.495 e. The number of ether oxygens (including phenoxy) is 2. The summed E-state index contributed by atoms with van der Waals surface area (Å²) in [5.41, 5.74) is 4.01. The zero-order chi connectivity index (χ0) is 22.0. The largest absolute Gasteiger partial charge is 0.495 e. The van der Waals surface area contributed by atoms with Crippen LogP contribution in [0.25, 0.3) is 20.4 Å². The van der Waals surface area contributed by atoms with Crippen molar-refractivity contribution in [3.8, 4) is 11.5 Å². The van der Waals surface area contributed by atoms with Gasteiger partial charge in [0.25, 0.3) is 5.91 Å². The average Bonchev–Trinajstić information content (AvgIpc) is 3.42. The molecule has 0 radical (unpaired) electrons. The molecule has 2 heterocycles. The Labute approximate surface area is 201 Å². The number of anilines is 1. The lowest BCUT2D eigenvalue weighted by atomic mass is 10.2. The summed E-state index contributed by atoms with van der Waals surface area (Å²) in [4.78, 5) is 26.5. The molecular formula is C22H25ClN4O3S2. The number of rotatable bonds is 8.